The lowest BCUT2D eigenvalue weighted by molar-refractivity contribution is 0.00578. The number of halogens is 2. The minimum atomic E-state index is -4.15. The molecule has 7 nitrogen and oxygen atoms in total. The van der Waals surface area contributed by atoms with Gasteiger partial charge in [0, 0.05) is 6.20 Å². The van der Waals surface area contributed by atoms with Crippen molar-refractivity contribution in [3.63, 3.8) is 0 Å². The molecule has 156 valence electrons. The first-order chi connectivity index (χ1) is 13.3. The molecule has 11 heteroatoms. The van der Waals surface area contributed by atoms with Crippen molar-refractivity contribution in [1.29, 1.82) is 0 Å². The van der Waals surface area contributed by atoms with Gasteiger partial charge in [-0.2, -0.15) is 0 Å². The fourth-order valence-electron chi connectivity index (χ4n) is 2.75. The number of ether oxygens (including phenoxy) is 1. The van der Waals surface area contributed by atoms with Crippen LogP contribution in [0.15, 0.2) is 35.4 Å². The van der Waals surface area contributed by atoms with Crippen molar-refractivity contribution >= 4 is 39.9 Å². The molecule has 2 aromatic rings. The number of nitrogens with one attached hydrogen (secondary N) is 1. The molecule has 0 radical (unpaired) electrons. The minimum absolute atomic E-state index is 0.00302. The van der Waals surface area contributed by atoms with E-state index in [9.17, 15) is 12.8 Å². The highest BCUT2D eigenvalue weighted by Crippen LogP contribution is 2.36. The molecule has 1 aromatic carbocycles. The minimum Gasteiger partial charge on any atom is -0.480 e. The first kappa shape index (κ1) is 21.8. The van der Waals surface area contributed by atoms with Crippen molar-refractivity contribution in [2.24, 2.45) is 0 Å². The molecule has 1 aromatic heterocycles. The van der Waals surface area contributed by atoms with Gasteiger partial charge < -0.3 is 14.0 Å². The van der Waals surface area contributed by atoms with E-state index in [-0.39, 0.29) is 21.5 Å². The van der Waals surface area contributed by atoms with Gasteiger partial charge in [0.25, 0.3) is 10.0 Å². The Kier molecular flexibility index (Phi) is 5.59. The van der Waals surface area contributed by atoms with Crippen LogP contribution in [0.4, 0.5) is 10.1 Å². The van der Waals surface area contributed by atoms with Gasteiger partial charge >= 0.3 is 7.12 Å². The molecule has 0 unspecified atom stereocenters. The molecular weight excluding hydrogens is 422 g/mol. The maximum Gasteiger partial charge on any atom is 0.495 e. The molecule has 1 saturated heterocycles. The molecule has 0 bridgehead atoms. The Labute approximate surface area is 174 Å². The Morgan fingerprint density at radius 3 is 2.34 bits per heavy atom. The zero-order valence-electron chi connectivity index (χ0n) is 16.6. The van der Waals surface area contributed by atoms with Crippen molar-refractivity contribution in [3.8, 4) is 5.88 Å². The highest BCUT2D eigenvalue weighted by atomic mass is 35.5. The lowest BCUT2D eigenvalue weighted by Gasteiger charge is -2.32. The molecule has 1 aliphatic rings. The maximum atomic E-state index is 14.2. The third-order valence-electron chi connectivity index (χ3n) is 4.97. The summed E-state index contributed by atoms with van der Waals surface area (Å²) in [7, 11) is -3.71. The number of benzene rings is 1. The highest BCUT2D eigenvalue weighted by Gasteiger charge is 2.51. The molecule has 0 amide bonds. The van der Waals surface area contributed by atoms with Crippen LogP contribution in [0, 0.1) is 5.82 Å². The van der Waals surface area contributed by atoms with Crippen LogP contribution < -0.4 is 14.9 Å². The largest absolute Gasteiger partial charge is 0.495 e. The van der Waals surface area contributed by atoms with Crippen molar-refractivity contribution in [2.75, 3.05) is 11.8 Å². The fraction of sp³-hybridized carbons (Fsp3) is 0.389. The normalized spacial score (nSPS) is 18.0. The smallest absolute Gasteiger partial charge is 0.480 e. The highest BCUT2D eigenvalue weighted by molar-refractivity contribution is 7.92. The van der Waals surface area contributed by atoms with E-state index in [1.165, 1.54) is 31.5 Å². The number of hydrogen-bond donors (Lipinski definition) is 1. The van der Waals surface area contributed by atoms with Crippen molar-refractivity contribution < 1.29 is 26.9 Å². The Hall–Kier alpha value is -1.88. The Balaban J connectivity index is 1.95. The van der Waals surface area contributed by atoms with Gasteiger partial charge in [-0.25, -0.2) is 17.8 Å². The molecular formula is C18H21BClFN2O5S. The number of anilines is 1. The number of nitrogens with zero attached hydrogens (tertiary/aromatic N) is 1. The van der Waals surface area contributed by atoms with E-state index in [2.05, 4.69) is 9.71 Å². The van der Waals surface area contributed by atoms with Crippen LogP contribution in [0.2, 0.25) is 5.02 Å². The maximum absolute atomic E-state index is 14.2. The second-order valence-corrected chi connectivity index (χ2v) is 9.72. The number of rotatable bonds is 5. The van der Waals surface area contributed by atoms with Gasteiger partial charge in [-0.15, -0.1) is 0 Å². The standard InChI is InChI=1S/C18H21BClFN2O5S/c1-17(2)18(3,4)28-19(27-17)11-6-13(21)9-14(7-11)23-29(24,25)15-8-12(20)10-22-16(15)26-5/h6-10,23H,1-5H3. The van der Waals surface area contributed by atoms with Crippen LogP contribution in [0.5, 0.6) is 5.88 Å². The second-order valence-electron chi connectivity index (χ2n) is 7.63. The number of pyridine rings is 1. The zero-order chi connectivity index (χ0) is 21.6. The van der Waals surface area contributed by atoms with E-state index in [1.807, 2.05) is 27.7 Å². The SMILES string of the molecule is COc1ncc(Cl)cc1S(=O)(=O)Nc1cc(F)cc(B2OC(C)(C)C(C)(C)O2)c1. The van der Waals surface area contributed by atoms with Gasteiger partial charge in [-0.3, -0.25) is 4.72 Å². The molecule has 29 heavy (non-hydrogen) atoms. The van der Waals surface area contributed by atoms with Gasteiger partial charge in [0.15, 0.2) is 4.90 Å². The van der Waals surface area contributed by atoms with Crippen molar-refractivity contribution in [3.05, 3.63) is 41.3 Å². The fourth-order valence-corrected chi connectivity index (χ4v) is 4.16. The zero-order valence-corrected chi connectivity index (χ0v) is 18.2. The van der Waals surface area contributed by atoms with Crippen LogP contribution in [0.1, 0.15) is 27.7 Å². The molecule has 2 heterocycles. The Morgan fingerprint density at radius 2 is 1.76 bits per heavy atom. The molecule has 1 N–H and O–H groups in total. The molecule has 1 fully saturated rings. The third-order valence-corrected chi connectivity index (χ3v) is 6.55. The molecule has 3 rings (SSSR count). The summed E-state index contributed by atoms with van der Waals surface area (Å²) in [4.78, 5) is 3.58. The number of hydrogen-bond acceptors (Lipinski definition) is 6. The van der Waals surface area contributed by atoms with Gasteiger partial charge in [0.2, 0.25) is 5.88 Å². The molecule has 1 aliphatic heterocycles. The number of sulfonamides is 1. The van der Waals surface area contributed by atoms with Crippen LogP contribution in [-0.2, 0) is 19.3 Å². The molecule has 0 atom stereocenters. The predicted molar refractivity (Wildman–Crippen MR) is 109 cm³/mol. The van der Waals surface area contributed by atoms with Gasteiger partial charge in [-0.05, 0) is 57.4 Å². The van der Waals surface area contributed by atoms with E-state index in [0.29, 0.717) is 5.46 Å². The summed E-state index contributed by atoms with van der Waals surface area (Å²) < 4.78 is 59.0. The van der Waals surface area contributed by atoms with Gasteiger partial charge in [0.05, 0.1) is 29.0 Å². The first-order valence-electron chi connectivity index (χ1n) is 8.73. The summed E-state index contributed by atoms with van der Waals surface area (Å²) in [6, 6.07) is 4.94. The third kappa shape index (κ3) is 4.35. The monoisotopic (exact) mass is 442 g/mol. The lowest BCUT2D eigenvalue weighted by atomic mass is 9.79. The summed E-state index contributed by atoms with van der Waals surface area (Å²) in [5.41, 5.74) is -0.901. The molecule has 0 aliphatic carbocycles. The van der Waals surface area contributed by atoms with Crippen LogP contribution in [0.3, 0.4) is 0 Å². The Bertz CT molecular complexity index is 1030. The quantitative estimate of drug-likeness (QED) is 0.716. The van der Waals surface area contributed by atoms with Crippen molar-refractivity contribution in [2.45, 2.75) is 43.8 Å². The average molecular weight is 443 g/mol. The molecule has 0 saturated carbocycles. The number of methoxy groups -OCH3 is 1. The van der Waals surface area contributed by atoms with Crippen LogP contribution >= 0.6 is 11.6 Å². The van der Waals surface area contributed by atoms with Gasteiger partial charge in [-0.1, -0.05) is 11.6 Å². The first-order valence-corrected chi connectivity index (χ1v) is 10.6. The topological polar surface area (TPSA) is 86.8 Å². The van der Waals surface area contributed by atoms with E-state index in [4.69, 9.17) is 25.6 Å². The van der Waals surface area contributed by atoms with Crippen molar-refractivity contribution in [1.82, 2.24) is 4.98 Å². The summed E-state index contributed by atoms with van der Waals surface area (Å²) in [6.07, 6.45) is 1.26. The van der Waals surface area contributed by atoms with E-state index in [1.54, 1.807) is 0 Å². The molecule has 0 spiro atoms. The van der Waals surface area contributed by atoms with Crippen LogP contribution in [-0.4, -0.2) is 38.8 Å². The summed E-state index contributed by atoms with van der Waals surface area (Å²) in [5, 5.41) is 0.114. The second kappa shape index (κ2) is 7.43. The lowest BCUT2D eigenvalue weighted by Crippen LogP contribution is -2.41. The summed E-state index contributed by atoms with van der Waals surface area (Å²) in [6.45, 7) is 7.48. The predicted octanol–water partition coefficient (Wildman–Crippen LogP) is 2.98. The van der Waals surface area contributed by atoms with E-state index in [0.717, 1.165) is 6.07 Å². The van der Waals surface area contributed by atoms with Gasteiger partial charge in [0.1, 0.15) is 5.82 Å². The summed E-state index contributed by atoms with van der Waals surface area (Å²) >= 11 is 5.87. The van der Waals surface area contributed by atoms with E-state index >= 15 is 0 Å². The average Bonchev–Trinajstić information content (AvgIpc) is 2.81. The summed E-state index contributed by atoms with van der Waals surface area (Å²) in [5.74, 6) is -0.782. The Morgan fingerprint density at radius 1 is 1.14 bits per heavy atom. The van der Waals surface area contributed by atoms with Crippen LogP contribution in [0.25, 0.3) is 0 Å². The number of aromatic nitrogens is 1. The van der Waals surface area contributed by atoms with E-state index < -0.39 is 34.2 Å².